The maximum atomic E-state index is 10.1. The van der Waals surface area contributed by atoms with Crippen molar-refractivity contribution in [3.63, 3.8) is 0 Å². The van der Waals surface area contributed by atoms with Gasteiger partial charge in [-0.05, 0) is 24.6 Å². The van der Waals surface area contributed by atoms with Crippen molar-refractivity contribution in [1.29, 1.82) is 0 Å². The van der Waals surface area contributed by atoms with Crippen LogP contribution in [-0.2, 0) is 0 Å². The minimum atomic E-state index is -0.532. The molecule has 0 saturated carbocycles. The van der Waals surface area contributed by atoms with E-state index in [1.165, 1.54) is 0 Å². The van der Waals surface area contributed by atoms with Gasteiger partial charge in [0.1, 0.15) is 18.5 Å². The molecule has 0 aliphatic carbocycles. The van der Waals surface area contributed by atoms with Crippen molar-refractivity contribution < 1.29 is 9.84 Å². The molecule has 22 heavy (non-hydrogen) atoms. The Kier molecular flexibility index (Phi) is 6.53. The highest BCUT2D eigenvalue weighted by Crippen LogP contribution is 2.25. The summed E-state index contributed by atoms with van der Waals surface area (Å²) in [5.74, 6) is 3.29. The molecule has 0 unspecified atom stereocenters. The standard InChI is InChI=1S/C17H23ClN2O2/c1-3-6-19-7-9-20(10-8-19)12-15(21)13-22-17-11-14(2)4-5-16(17)18/h1,4-5,11,15,21H,6-10,12-13H2,2H3/t15-/m1/s1. The smallest absolute Gasteiger partial charge is 0.138 e. The van der Waals surface area contributed by atoms with E-state index >= 15 is 0 Å². The molecular formula is C17H23ClN2O2. The van der Waals surface area contributed by atoms with E-state index in [2.05, 4.69) is 15.7 Å². The number of benzene rings is 1. The maximum Gasteiger partial charge on any atom is 0.138 e. The molecule has 1 saturated heterocycles. The van der Waals surface area contributed by atoms with Crippen LogP contribution in [0.25, 0.3) is 0 Å². The molecule has 1 aromatic rings. The van der Waals surface area contributed by atoms with Crippen LogP contribution in [0.3, 0.4) is 0 Å². The lowest BCUT2D eigenvalue weighted by Gasteiger charge is -2.34. The molecule has 5 heteroatoms. The van der Waals surface area contributed by atoms with Gasteiger partial charge in [-0.2, -0.15) is 0 Å². The number of ether oxygens (including phenoxy) is 1. The van der Waals surface area contributed by atoms with Gasteiger partial charge in [0.05, 0.1) is 11.6 Å². The SMILES string of the molecule is C#CCN1CCN(C[C@@H](O)COc2cc(C)ccc2Cl)CC1. The second-order valence-corrected chi connectivity index (χ2v) is 6.09. The van der Waals surface area contributed by atoms with Crippen LogP contribution in [0.2, 0.25) is 5.02 Å². The Morgan fingerprint density at radius 1 is 1.32 bits per heavy atom. The minimum absolute atomic E-state index is 0.244. The molecule has 1 atom stereocenters. The van der Waals surface area contributed by atoms with E-state index in [1.54, 1.807) is 0 Å². The fraction of sp³-hybridized carbons (Fsp3) is 0.529. The zero-order chi connectivity index (χ0) is 15.9. The van der Waals surface area contributed by atoms with Crippen LogP contribution in [-0.4, -0.2) is 66.9 Å². The van der Waals surface area contributed by atoms with Crippen LogP contribution in [0.15, 0.2) is 18.2 Å². The second-order valence-electron chi connectivity index (χ2n) is 5.68. The number of piperazine rings is 1. The summed E-state index contributed by atoms with van der Waals surface area (Å²) in [6.45, 7) is 7.26. The van der Waals surface area contributed by atoms with Gasteiger partial charge in [-0.3, -0.25) is 9.80 Å². The van der Waals surface area contributed by atoms with Gasteiger partial charge in [0, 0.05) is 32.7 Å². The van der Waals surface area contributed by atoms with Crippen LogP contribution in [0.5, 0.6) is 5.75 Å². The Labute approximate surface area is 137 Å². The fourth-order valence-electron chi connectivity index (χ4n) is 2.52. The number of aliphatic hydroxyl groups is 1. The molecule has 1 N–H and O–H groups in total. The van der Waals surface area contributed by atoms with Gasteiger partial charge in [-0.15, -0.1) is 6.42 Å². The predicted molar refractivity (Wildman–Crippen MR) is 89.4 cm³/mol. The van der Waals surface area contributed by atoms with Crippen LogP contribution in [0.4, 0.5) is 0 Å². The molecule has 2 rings (SSSR count). The Morgan fingerprint density at radius 3 is 2.68 bits per heavy atom. The third kappa shape index (κ3) is 5.19. The van der Waals surface area contributed by atoms with E-state index in [-0.39, 0.29) is 6.61 Å². The predicted octanol–water partition coefficient (Wildman–Crippen LogP) is 1.64. The lowest BCUT2D eigenvalue weighted by atomic mass is 10.2. The number of hydrogen-bond donors (Lipinski definition) is 1. The van der Waals surface area contributed by atoms with Gasteiger partial charge < -0.3 is 9.84 Å². The Bertz CT molecular complexity index is 522. The van der Waals surface area contributed by atoms with Crippen molar-refractivity contribution in [2.24, 2.45) is 0 Å². The molecule has 1 fully saturated rings. The van der Waals surface area contributed by atoms with Gasteiger partial charge in [-0.1, -0.05) is 23.6 Å². The van der Waals surface area contributed by atoms with Crippen molar-refractivity contribution >= 4 is 11.6 Å². The summed E-state index contributed by atoms with van der Waals surface area (Å²) >= 11 is 6.08. The molecule has 0 amide bonds. The number of terminal acetylenes is 1. The molecule has 1 aliphatic rings. The summed E-state index contributed by atoms with van der Waals surface area (Å²) in [7, 11) is 0. The zero-order valence-electron chi connectivity index (χ0n) is 13.0. The van der Waals surface area contributed by atoms with Gasteiger partial charge in [0.15, 0.2) is 0 Å². The van der Waals surface area contributed by atoms with Crippen molar-refractivity contribution in [3.05, 3.63) is 28.8 Å². The van der Waals surface area contributed by atoms with Crippen LogP contribution >= 0.6 is 11.6 Å². The Hall–Kier alpha value is -1.25. The summed E-state index contributed by atoms with van der Waals surface area (Å²) < 4.78 is 5.64. The van der Waals surface area contributed by atoms with Gasteiger partial charge in [0.25, 0.3) is 0 Å². The number of β-amino-alcohol motifs (C(OH)–C–C–N with tert-alkyl or cyclic N) is 1. The number of halogens is 1. The third-order valence-electron chi connectivity index (χ3n) is 3.77. The number of rotatable bonds is 6. The van der Waals surface area contributed by atoms with Gasteiger partial charge in [0.2, 0.25) is 0 Å². The summed E-state index contributed by atoms with van der Waals surface area (Å²) in [5.41, 5.74) is 1.08. The van der Waals surface area contributed by atoms with E-state index in [9.17, 15) is 5.11 Å². The molecule has 1 aliphatic heterocycles. The Balaban J connectivity index is 1.73. The fourth-order valence-corrected chi connectivity index (χ4v) is 2.69. The largest absolute Gasteiger partial charge is 0.489 e. The molecule has 0 aromatic heterocycles. The molecule has 1 aromatic carbocycles. The van der Waals surface area contributed by atoms with Crippen molar-refractivity contribution in [2.75, 3.05) is 45.9 Å². The molecule has 1 heterocycles. The highest BCUT2D eigenvalue weighted by Gasteiger charge is 2.19. The molecule has 120 valence electrons. The summed E-state index contributed by atoms with van der Waals surface area (Å²) in [6, 6.07) is 5.62. The normalized spacial score (nSPS) is 17.9. The molecule has 0 bridgehead atoms. The van der Waals surface area contributed by atoms with E-state index in [4.69, 9.17) is 22.8 Å². The monoisotopic (exact) mass is 322 g/mol. The summed E-state index contributed by atoms with van der Waals surface area (Å²) in [5, 5.41) is 10.7. The van der Waals surface area contributed by atoms with E-state index in [1.807, 2.05) is 25.1 Å². The highest BCUT2D eigenvalue weighted by molar-refractivity contribution is 6.32. The summed E-state index contributed by atoms with van der Waals surface area (Å²) in [6.07, 6.45) is 4.79. The molecule has 0 spiro atoms. The van der Waals surface area contributed by atoms with Crippen LogP contribution in [0, 0.1) is 19.3 Å². The first-order valence-electron chi connectivity index (χ1n) is 7.53. The summed E-state index contributed by atoms with van der Waals surface area (Å²) in [4.78, 5) is 4.48. The quantitative estimate of drug-likeness (QED) is 0.808. The van der Waals surface area contributed by atoms with Crippen LogP contribution in [0.1, 0.15) is 5.56 Å². The zero-order valence-corrected chi connectivity index (χ0v) is 13.7. The lowest BCUT2D eigenvalue weighted by Crippen LogP contribution is -2.49. The maximum absolute atomic E-state index is 10.1. The topological polar surface area (TPSA) is 35.9 Å². The number of aliphatic hydroxyl groups excluding tert-OH is 1. The van der Waals surface area contributed by atoms with Crippen LogP contribution < -0.4 is 4.74 Å². The lowest BCUT2D eigenvalue weighted by molar-refractivity contribution is 0.0485. The average Bonchev–Trinajstić information content (AvgIpc) is 2.50. The first kappa shape index (κ1) is 17.1. The molecular weight excluding hydrogens is 300 g/mol. The number of hydrogen-bond acceptors (Lipinski definition) is 4. The minimum Gasteiger partial charge on any atom is -0.489 e. The first-order chi connectivity index (χ1) is 10.6. The number of nitrogens with zero attached hydrogens (tertiary/aromatic N) is 2. The van der Waals surface area contributed by atoms with E-state index in [0.29, 0.717) is 23.9 Å². The third-order valence-corrected chi connectivity index (χ3v) is 4.08. The van der Waals surface area contributed by atoms with E-state index in [0.717, 1.165) is 31.7 Å². The Morgan fingerprint density at radius 2 is 2.00 bits per heavy atom. The van der Waals surface area contributed by atoms with Gasteiger partial charge >= 0.3 is 0 Å². The van der Waals surface area contributed by atoms with Crippen molar-refractivity contribution in [3.8, 4) is 18.1 Å². The highest BCUT2D eigenvalue weighted by atomic mass is 35.5. The van der Waals surface area contributed by atoms with Crippen molar-refractivity contribution in [2.45, 2.75) is 13.0 Å². The van der Waals surface area contributed by atoms with Gasteiger partial charge in [-0.25, -0.2) is 0 Å². The van der Waals surface area contributed by atoms with Crippen molar-refractivity contribution in [1.82, 2.24) is 9.80 Å². The second kappa shape index (κ2) is 8.40. The number of aryl methyl sites for hydroxylation is 1. The average molecular weight is 323 g/mol. The first-order valence-corrected chi connectivity index (χ1v) is 7.91. The van der Waals surface area contributed by atoms with E-state index < -0.39 is 6.10 Å². The molecule has 4 nitrogen and oxygen atoms in total. The molecule has 0 radical (unpaired) electrons.